The van der Waals surface area contributed by atoms with Gasteiger partial charge in [-0.25, -0.2) is 0 Å². The molecule has 0 atom stereocenters. The number of hydrogen-bond donors (Lipinski definition) is 2. The van der Waals surface area contributed by atoms with Crippen molar-refractivity contribution in [2.24, 2.45) is 11.5 Å². The molecule has 0 aliphatic carbocycles. The second-order valence-corrected chi connectivity index (χ2v) is 2.21. The fourth-order valence-corrected chi connectivity index (χ4v) is 0.614. The molecule has 4 N–H and O–H groups in total. The van der Waals surface area contributed by atoms with Gasteiger partial charge in [0.1, 0.15) is 0 Å². The monoisotopic (exact) mass is 164 g/mol. The van der Waals surface area contributed by atoms with Crippen LogP contribution < -0.4 is 11.5 Å². The van der Waals surface area contributed by atoms with Gasteiger partial charge in [0, 0.05) is 13.1 Å². The molecule has 0 radical (unpaired) electrons. The van der Waals surface area contributed by atoms with E-state index < -0.39 is 0 Å². The van der Waals surface area contributed by atoms with Gasteiger partial charge in [0.15, 0.2) is 0 Å². The highest BCUT2D eigenvalue weighted by Crippen LogP contribution is 1.94. The topological polar surface area (TPSA) is 52.0 Å². The Labute approximate surface area is 73.9 Å². The molecular formula is C10H16N2. The molecule has 0 fully saturated rings. The molecule has 0 aliphatic rings. The van der Waals surface area contributed by atoms with E-state index in [-0.39, 0.29) is 0 Å². The van der Waals surface area contributed by atoms with Crippen molar-refractivity contribution >= 4 is 0 Å². The van der Waals surface area contributed by atoms with Crippen LogP contribution in [0.5, 0.6) is 0 Å². The van der Waals surface area contributed by atoms with Crippen LogP contribution in [0.3, 0.4) is 0 Å². The van der Waals surface area contributed by atoms with E-state index in [9.17, 15) is 0 Å². The van der Waals surface area contributed by atoms with Gasteiger partial charge in [-0.3, -0.25) is 0 Å². The predicted molar refractivity (Wildman–Crippen MR) is 53.6 cm³/mol. The maximum atomic E-state index is 5.35. The van der Waals surface area contributed by atoms with Gasteiger partial charge < -0.3 is 11.5 Å². The van der Waals surface area contributed by atoms with Crippen LogP contribution >= 0.6 is 0 Å². The van der Waals surface area contributed by atoms with Gasteiger partial charge in [0.05, 0.1) is 0 Å². The Hall–Kier alpha value is -1.12. The third-order valence-electron chi connectivity index (χ3n) is 1.25. The summed E-state index contributed by atoms with van der Waals surface area (Å²) >= 11 is 0. The van der Waals surface area contributed by atoms with Crippen molar-refractivity contribution in [2.75, 3.05) is 6.54 Å². The lowest BCUT2D eigenvalue weighted by Gasteiger charge is -1.90. The highest BCUT2D eigenvalue weighted by Gasteiger charge is 1.80. The van der Waals surface area contributed by atoms with Gasteiger partial charge in [-0.15, -0.1) is 6.58 Å². The van der Waals surface area contributed by atoms with Crippen molar-refractivity contribution in [3.8, 4) is 0 Å². The Morgan fingerprint density at radius 1 is 1.17 bits per heavy atom. The summed E-state index contributed by atoms with van der Waals surface area (Å²) in [6.45, 7) is 4.58. The summed E-state index contributed by atoms with van der Waals surface area (Å²) in [4.78, 5) is 0. The quantitative estimate of drug-likeness (QED) is 0.647. The molecule has 2 nitrogen and oxygen atoms in total. The smallest absolute Gasteiger partial charge is 0.0178 e. The lowest BCUT2D eigenvalue weighted by molar-refractivity contribution is 1.07. The summed E-state index contributed by atoms with van der Waals surface area (Å²) in [6, 6.07) is 9.99. The van der Waals surface area contributed by atoms with E-state index in [2.05, 4.69) is 6.58 Å². The Morgan fingerprint density at radius 2 is 1.67 bits per heavy atom. The Balaban J connectivity index is 0.000000261. The molecule has 0 heterocycles. The summed E-state index contributed by atoms with van der Waals surface area (Å²) in [5.74, 6) is 0. The largest absolute Gasteiger partial charge is 0.327 e. The summed E-state index contributed by atoms with van der Waals surface area (Å²) in [7, 11) is 0. The molecule has 0 amide bonds. The lowest BCUT2D eigenvalue weighted by atomic mass is 10.2. The Kier molecular flexibility index (Phi) is 7.24. The minimum absolute atomic E-state index is 0.583. The SMILES string of the molecule is C=CCN.NCc1ccccc1. The van der Waals surface area contributed by atoms with Crippen LogP contribution in [0.2, 0.25) is 0 Å². The van der Waals surface area contributed by atoms with Gasteiger partial charge >= 0.3 is 0 Å². The summed E-state index contributed by atoms with van der Waals surface area (Å²) in [6.07, 6.45) is 1.65. The second-order valence-electron chi connectivity index (χ2n) is 2.21. The summed E-state index contributed by atoms with van der Waals surface area (Å²) in [5.41, 5.74) is 11.4. The van der Waals surface area contributed by atoms with Crippen LogP contribution in [-0.2, 0) is 6.54 Å². The van der Waals surface area contributed by atoms with Crippen molar-refractivity contribution in [2.45, 2.75) is 6.54 Å². The van der Waals surface area contributed by atoms with Gasteiger partial charge in [0.25, 0.3) is 0 Å². The zero-order valence-corrected chi connectivity index (χ0v) is 7.24. The number of rotatable bonds is 2. The maximum absolute atomic E-state index is 5.35. The zero-order valence-electron chi connectivity index (χ0n) is 7.24. The average molecular weight is 164 g/mol. The van der Waals surface area contributed by atoms with Crippen LogP contribution in [0.15, 0.2) is 43.0 Å². The molecule has 0 unspecified atom stereocenters. The van der Waals surface area contributed by atoms with Gasteiger partial charge in [-0.1, -0.05) is 36.4 Å². The van der Waals surface area contributed by atoms with Gasteiger partial charge in [-0.2, -0.15) is 0 Å². The van der Waals surface area contributed by atoms with Gasteiger partial charge in [-0.05, 0) is 5.56 Å². The van der Waals surface area contributed by atoms with Crippen molar-refractivity contribution in [1.82, 2.24) is 0 Å². The van der Waals surface area contributed by atoms with Crippen LogP contribution in [0, 0.1) is 0 Å². The predicted octanol–water partition coefficient (Wildman–Crippen LogP) is 1.28. The molecule has 1 aromatic carbocycles. The van der Waals surface area contributed by atoms with Crippen LogP contribution in [0.1, 0.15) is 5.56 Å². The molecule has 1 rings (SSSR count). The van der Waals surface area contributed by atoms with Crippen molar-refractivity contribution in [3.63, 3.8) is 0 Å². The van der Waals surface area contributed by atoms with E-state index in [1.165, 1.54) is 5.56 Å². The van der Waals surface area contributed by atoms with Crippen LogP contribution in [-0.4, -0.2) is 6.54 Å². The number of nitrogens with two attached hydrogens (primary N) is 2. The first-order valence-corrected chi connectivity index (χ1v) is 3.90. The summed E-state index contributed by atoms with van der Waals surface area (Å²) in [5, 5.41) is 0. The molecule has 2 heteroatoms. The van der Waals surface area contributed by atoms with Crippen molar-refractivity contribution < 1.29 is 0 Å². The highest BCUT2D eigenvalue weighted by molar-refractivity contribution is 5.13. The Bertz CT molecular complexity index is 194. The molecule has 12 heavy (non-hydrogen) atoms. The molecule has 0 aliphatic heterocycles. The zero-order chi connectivity index (χ0) is 9.23. The van der Waals surface area contributed by atoms with E-state index in [0.717, 1.165) is 0 Å². The first-order chi connectivity index (χ1) is 5.85. The fraction of sp³-hybridized carbons (Fsp3) is 0.200. The van der Waals surface area contributed by atoms with Crippen LogP contribution in [0.25, 0.3) is 0 Å². The molecule has 1 aromatic rings. The van der Waals surface area contributed by atoms with Crippen molar-refractivity contribution in [1.29, 1.82) is 0 Å². The third kappa shape index (κ3) is 5.65. The average Bonchev–Trinajstić information content (AvgIpc) is 2.19. The minimum Gasteiger partial charge on any atom is -0.327 e. The van der Waals surface area contributed by atoms with E-state index in [4.69, 9.17) is 11.5 Å². The molecular weight excluding hydrogens is 148 g/mol. The second kappa shape index (κ2) is 7.98. The van der Waals surface area contributed by atoms with E-state index in [0.29, 0.717) is 13.1 Å². The molecule has 0 saturated heterocycles. The first-order valence-electron chi connectivity index (χ1n) is 3.90. The summed E-state index contributed by atoms with van der Waals surface area (Å²) < 4.78 is 0. The molecule has 0 spiro atoms. The number of benzene rings is 1. The van der Waals surface area contributed by atoms with E-state index in [1.807, 2.05) is 30.3 Å². The number of hydrogen-bond acceptors (Lipinski definition) is 2. The molecule has 66 valence electrons. The maximum Gasteiger partial charge on any atom is 0.0178 e. The van der Waals surface area contributed by atoms with E-state index in [1.54, 1.807) is 6.08 Å². The minimum atomic E-state index is 0.583. The third-order valence-corrected chi connectivity index (χ3v) is 1.25. The van der Waals surface area contributed by atoms with Crippen molar-refractivity contribution in [3.05, 3.63) is 48.6 Å². The lowest BCUT2D eigenvalue weighted by Crippen LogP contribution is -1.94. The fourth-order valence-electron chi connectivity index (χ4n) is 0.614. The van der Waals surface area contributed by atoms with E-state index >= 15 is 0 Å². The molecule has 0 bridgehead atoms. The molecule has 0 aromatic heterocycles. The normalized spacial score (nSPS) is 8.17. The van der Waals surface area contributed by atoms with Crippen LogP contribution in [0.4, 0.5) is 0 Å². The standard InChI is InChI=1S/C7H9N.C3H7N/c8-6-7-4-2-1-3-5-7;1-2-3-4/h1-5H,6,8H2;2H,1,3-4H2. The Morgan fingerprint density at radius 3 is 1.92 bits per heavy atom. The highest BCUT2D eigenvalue weighted by atomic mass is 14.5. The first kappa shape index (κ1) is 10.9. The molecule has 0 saturated carbocycles. The van der Waals surface area contributed by atoms with Gasteiger partial charge in [0.2, 0.25) is 0 Å².